The van der Waals surface area contributed by atoms with Crippen molar-refractivity contribution in [3.63, 3.8) is 0 Å². The predicted molar refractivity (Wildman–Crippen MR) is 280 cm³/mol. The summed E-state index contributed by atoms with van der Waals surface area (Å²) < 4.78 is 0. The molecule has 65 heavy (non-hydrogen) atoms. The zero-order valence-corrected chi connectivity index (χ0v) is 39.9. The van der Waals surface area contributed by atoms with Gasteiger partial charge in [0.15, 0.2) is 0 Å². The minimum atomic E-state index is -0.144. The number of anilines is 9. The lowest BCUT2D eigenvalue weighted by atomic mass is 9.31. The number of nitrogens with zero attached hydrogens (tertiary/aromatic N) is 3. The second-order valence-electron chi connectivity index (χ2n) is 22.7. The van der Waals surface area contributed by atoms with E-state index in [4.69, 9.17) is 0 Å². The van der Waals surface area contributed by atoms with Crippen molar-refractivity contribution in [1.82, 2.24) is 0 Å². The molecule has 0 amide bonds. The van der Waals surface area contributed by atoms with Crippen LogP contribution in [0.3, 0.4) is 0 Å². The zero-order chi connectivity index (χ0) is 45.1. The highest BCUT2D eigenvalue weighted by molar-refractivity contribution is 7.02. The fourth-order valence-corrected chi connectivity index (χ4v) is 11.5. The Labute approximate surface area is 386 Å². The van der Waals surface area contributed by atoms with E-state index in [9.17, 15) is 0 Å². The Morgan fingerprint density at radius 2 is 0.754 bits per heavy atom. The van der Waals surface area contributed by atoms with Gasteiger partial charge in [-0.1, -0.05) is 155 Å². The van der Waals surface area contributed by atoms with E-state index in [0.29, 0.717) is 0 Å². The van der Waals surface area contributed by atoms with Crippen LogP contribution < -0.4 is 31.1 Å². The molecule has 0 unspecified atom stereocenters. The molecule has 4 aliphatic rings. The number of fused-ring (bicyclic) bond motifs is 4. The monoisotopic (exact) mass is 843 g/mol. The number of hydrogen-bond donors (Lipinski definition) is 0. The van der Waals surface area contributed by atoms with Gasteiger partial charge in [0.2, 0.25) is 0 Å². The van der Waals surface area contributed by atoms with Gasteiger partial charge in [-0.15, -0.1) is 0 Å². The Morgan fingerprint density at radius 1 is 0.354 bits per heavy atom. The largest absolute Gasteiger partial charge is 0.311 e. The SMILES string of the molecule is CC(C)(C)c1cc2c3c(c1)N(c1ccc4c(c1)C(C)(C)c1ccccc1-4)c1cc(C(C)(C)C)cc4c1B3c1c(cc(C(C)(C)C)cc1N4c1ccc3ccccc3c1)N2c1ccccc1. The molecule has 8 aromatic rings. The topological polar surface area (TPSA) is 9.72 Å². The smallest absolute Gasteiger partial charge is 0.257 e. The maximum Gasteiger partial charge on any atom is 0.257 e. The predicted octanol–water partition coefficient (Wildman–Crippen LogP) is 14.9. The van der Waals surface area contributed by atoms with Crippen molar-refractivity contribution in [3.8, 4) is 11.1 Å². The van der Waals surface area contributed by atoms with Crippen LogP contribution in [0.4, 0.5) is 51.2 Å². The van der Waals surface area contributed by atoms with Gasteiger partial charge in [-0.2, -0.15) is 0 Å². The normalized spacial score (nSPS) is 15.3. The summed E-state index contributed by atoms with van der Waals surface area (Å²) in [4.78, 5) is 7.91. The van der Waals surface area contributed by atoms with Crippen LogP contribution in [-0.2, 0) is 21.7 Å². The second kappa shape index (κ2) is 13.3. The standard InChI is InChI=1S/C61H58BN3/c1-58(2,3)39-30-49-55-51(32-39)64(43-26-25-37-19-15-16-20-38(37)29-43)52-33-41(60(7,8)9)35-54-57(52)62(55)56-50(63(49)42-21-13-12-14-22-42)31-40(59(4,5)6)34-53(56)65(54)44-27-28-46-45-23-17-18-24-47(45)61(10,11)48(46)36-44/h12-36H,1-11H3. The Morgan fingerprint density at radius 3 is 1.26 bits per heavy atom. The van der Waals surface area contributed by atoms with Crippen LogP contribution >= 0.6 is 0 Å². The van der Waals surface area contributed by atoms with E-state index in [2.05, 4.69) is 243 Å². The molecule has 1 aliphatic carbocycles. The highest BCUT2D eigenvalue weighted by atomic mass is 15.2. The van der Waals surface area contributed by atoms with Crippen molar-refractivity contribution in [2.24, 2.45) is 0 Å². The number of rotatable bonds is 3. The van der Waals surface area contributed by atoms with Crippen LogP contribution in [0.2, 0.25) is 0 Å². The number of benzene rings is 8. The molecule has 0 fully saturated rings. The van der Waals surface area contributed by atoms with Gasteiger partial charge in [0.1, 0.15) is 0 Å². The molecule has 8 aromatic carbocycles. The molecule has 3 heterocycles. The van der Waals surface area contributed by atoms with Crippen LogP contribution in [0.25, 0.3) is 21.9 Å². The minimum Gasteiger partial charge on any atom is -0.311 e. The third-order valence-electron chi connectivity index (χ3n) is 15.1. The first kappa shape index (κ1) is 40.0. The lowest BCUT2D eigenvalue weighted by Crippen LogP contribution is -2.65. The van der Waals surface area contributed by atoms with Gasteiger partial charge in [0.05, 0.1) is 0 Å². The lowest BCUT2D eigenvalue weighted by molar-refractivity contribution is 0.590. The summed E-state index contributed by atoms with van der Waals surface area (Å²) in [5.41, 5.74) is 24.2. The minimum absolute atomic E-state index is 0.00935. The Hall–Kier alpha value is -6.52. The summed E-state index contributed by atoms with van der Waals surface area (Å²) in [5, 5.41) is 2.49. The van der Waals surface area contributed by atoms with Crippen molar-refractivity contribution < 1.29 is 0 Å². The van der Waals surface area contributed by atoms with Crippen molar-refractivity contribution in [3.05, 3.63) is 179 Å². The molecule has 4 heteroatoms. The molecule has 0 N–H and O–H groups in total. The zero-order valence-electron chi connectivity index (χ0n) is 39.9. The fraction of sp³-hybridized carbons (Fsp3) is 0.246. The second-order valence-corrected chi connectivity index (χ2v) is 22.7. The summed E-state index contributed by atoms with van der Waals surface area (Å²) in [6, 6.07) is 58.6. The quantitative estimate of drug-likeness (QED) is 0.164. The molecule has 0 bridgehead atoms. The molecule has 3 aliphatic heterocycles. The van der Waals surface area contributed by atoms with Gasteiger partial charge in [0.25, 0.3) is 6.71 Å². The molecular weight excluding hydrogens is 786 g/mol. The summed E-state index contributed by atoms with van der Waals surface area (Å²) >= 11 is 0. The van der Waals surface area contributed by atoms with Crippen LogP contribution in [0.5, 0.6) is 0 Å². The molecule has 320 valence electrons. The summed E-state index contributed by atoms with van der Waals surface area (Å²) in [7, 11) is 0. The van der Waals surface area contributed by atoms with E-state index in [0.717, 1.165) is 0 Å². The first-order valence-corrected chi connectivity index (χ1v) is 23.6. The van der Waals surface area contributed by atoms with E-state index in [1.165, 1.54) is 117 Å². The average Bonchev–Trinajstić information content (AvgIpc) is 3.50. The molecule has 0 spiro atoms. The highest BCUT2D eigenvalue weighted by Crippen LogP contribution is 2.55. The van der Waals surface area contributed by atoms with E-state index in [1.54, 1.807) is 0 Å². The van der Waals surface area contributed by atoms with Gasteiger partial charge >= 0.3 is 0 Å². The first-order valence-electron chi connectivity index (χ1n) is 23.6. The third-order valence-corrected chi connectivity index (χ3v) is 15.1. The molecule has 0 saturated carbocycles. The maximum atomic E-state index is 2.67. The Kier molecular flexibility index (Phi) is 8.18. The van der Waals surface area contributed by atoms with Gasteiger partial charge in [-0.25, -0.2) is 0 Å². The molecular formula is C61H58BN3. The molecule has 3 nitrogen and oxygen atoms in total. The molecule has 12 rings (SSSR count). The van der Waals surface area contributed by atoms with Crippen LogP contribution in [0.15, 0.2) is 152 Å². The van der Waals surface area contributed by atoms with E-state index >= 15 is 0 Å². The summed E-state index contributed by atoms with van der Waals surface area (Å²) in [6.45, 7) is 26.1. The van der Waals surface area contributed by atoms with E-state index in [-0.39, 0.29) is 28.4 Å². The van der Waals surface area contributed by atoms with Crippen molar-refractivity contribution in [2.75, 3.05) is 14.7 Å². The van der Waals surface area contributed by atoms with Gasteiger partial charge < -0.3 is 14.7 Å². The van der Waals surface area contributed by atoms with Crippen LogP contribution in [0.1, 0.15) is 104 Å². The average molecular weight is 844 g/mol. The summed E-state index contributed by atoms with van der Waals surface area (Å²) in [5.74, 6) is 0. The summed E-state index contributed by atoms with van der Waals surface area (Å²) in [6.07, 6.45) is 0. The first-order chi connectivity index (χ1) is 30.9. The lowest BCUT2D eigenvalue weighted by Gasteiger charge is -2.50. The van der Waals surface area contributed by atoms with E-state index in [1.807, 2.05) is 0 Å². The molecule has 0 radical (unpaired) electrons. The fourth-order valence-electron chi connectivity index (χ4n) is 11.5. The van der Waals surface area contributed by atoms with Crippen LogP contribution in [0, 0.1) is 0 Å². The Balaban J connectivity index is 1.26. The maximum absolute atomic E-state index is 2.67. The molecule has 0 aromatic heterocycles. The number of hydrogen-bond acceptors (Lipinski definition) is 3. The van der Waals surface area contributed by atoms with Gasteiger partial charge in [0, 0.05) is 56.6 Å². The van der Waals surface area contributed by atoms with Crippen molar-refractivity contribution in [2.45, 2.75) is 97.8 Å². The van der Waals surface area contributed by atoms with Crippen molar-refractivity contribution >= 4 is 85.1 Å². The third kappa shape index (κ3) is 5.75. The van der Waals surface area contributed by atoms with Crippen molar-refractivity contribution in [1.29, 1.82) is 0 Å². The molecule has 0 atom stereocenters. The van der Waals surface area contributed by atoms with Gasteiger partial charge in [-0.3, -0.25) is 0 Å². The van der Waals surface area contributed by atoms with E-state index < -0.39 is 0 Å². The van der Waals surface area contributed by atoms with Gasteiger partial charge in [-0.05, 0) is 155 Å². The highest BCUT2D eigenvalue weighted by Gasteiger charge is 2.51. The molecule has 0 saturated heterocycles. The Bertz CT molecular complexity index is 3320. The van der Waals surface area contributed by atoms with Crippen LogP contribution in [-0.4, -0.2) is 6.71 Å². The number of para-hydroxylation sites is 1.